The fourth-order valence-corrected chi connectivity index (χ4v) is 3.94. The Morgan fingerprint density at radius 1 is 1.32 bits per heavy atom. The van der Waals surface area contributed by atoms with Crippen LogP contribution in [0.3, 0.4) is 0 Å². The molecule has 0 aromatic heterocycles. The highest BCUT2D eigenvalue weighted by Crippen LogP contribution is 2.39. The number of aliphatic carboxylic acids is 1. The molecule has 1 heterocycles. The van der Waals surface area contributed by atoms with Gasteiger partial charge in [0.2, 0.25) is 0 Å². The van der Waals surface area contributed by atoms with Crippen LogP contribution in [0.15, 0.2) is 24.3 Å². The molecule has 1 N–H and O–H groups in total. The van der Waals surface area contributed by atoms with Crippen molar-refractivity contribution in [3.63, 3.8) is 0 Å². The number of fused-ring (bicyclic) bond motifs is 1. The van der Waals surface area contributed by atoms with Crippen molar-refractivity contribution in [2.45, 2.75) is 44.2 Å². The first-order valence-electron chi connectivity index (χ1n) is 8.02. The van der Waals surface area contributed by atoms with Crippen LogP contribution in [0.5, 0.6) is 5.75 Å². The Kier molecular flexibility index (Phi) is 4.62. The molecule has 0 bridgehead atoms. The van der Waals surface area contributed by atoms with E-state index in [1.807, 2.05) is 0 Å². The summed E-state index contributed by atoms with van der Waals surface area (Å²) in [5.41, 5.74) is 0. The van der Waals surface area contributed by atoms with Crippen LogP contribution < -0.4 is 4.74 Å². The molecule has 120 valence electrons. The van der Waals surface area contributed by atoms with E-state index in [1.165, 1.54) is 12.5 Å². The third-order valence-corrected chi connectivity index (χ3v) is 4.95. The summed E-state index contributed by atoms with van der Waals surface area (Å²) >= 11 is 0. The summed E-state index contributed by atoms with van der Waals surface area (Å²) < 4.78 is 19.0. The largest absolute Gasteiger partial charge is 0.489 e. The fraction of sp³-hybridized carbons (Fsp3) is 0.588. The van der Waals surface area contributed by atoms with Crippen LogP contribution in [0.4, 0.5) is 4.39 Å². The average Bonchev–Trinajstić information content (AvgIpc) is 2.88. The third-order valence-electron chi connectivity index (χ3n) is 4.95. The minimum Gasteiger partial charge on any atom is -0.489 e. The molecule has 1 aliphatic heterocycles. The van der Waals surface area contributed by atoms with Gasteiger partial charge in [-0.1, -0.05) is 25.0 Å². The number of carbonyl (C=O) groups is 1. The molecule has 1 aliphatic carbocycles. The monoisotopic (exact) mass is 307 g/mol. The zero-order valence-corrected chi connectivity index (χ0v) is 12.6. The molecule has 1 aromatic rings. The lowest BCUT2D eigenvalue weighted by Crippen LogP contribution is -2.44. The lowest BCUT2D eigenvalue weighted by atomic mass is 9.85. The summed E-state index contributed by atoms with van der Waals surface area (Å²) in [5.74, 6) is -0.411. The van der Waals surface area contributed by atoms with E-state index in [9.17, 15) is 14.3 Å². The van der Waals surface area contributed by atoms with Gasteiger partial charge in [0, 0.05) is 12.6 Å². The van der Waals surface area contributed by atoms with E-state index in [1.54, 1.807) is 18.2 Å². The molecule has 0 unspecified atom stereocenters. The molecule has 4 nitrogen and oxygen atoms in total. The number of hydrogen-bond acceptors (Lipinski definition) is 3. The maximum atomic E-state index is 13.5. The first kappa shape index (κ1) is 15.3. The van der Waals surface area contributed by atoms with Crippen molar-refractivity contribution >= 4 is 5.97 Å². The maximum absolute atomic E-state index is 13.5. The van der Waals surface area contributed by atoms with Crippen molar-refractivity contribution in [1.82, 2.24) is 4.90 Å². The standard InChI is InChI=1S/C17H22FNO3/c18-13-6-2-4-8-16(13)22-10-9-19-14-7-3-1-5-12(14)11-15(19)17(20)21/h2,4,6,8,12,14-15H,1,3,5,7,9-11H2,(H,20,21)/t12-,14-,15-/m0/s1. The minimum absolute atomic E-state index is 0.230. The highest BCUT2D eigenvalue weighted by atomic mass is 19.1. The zero-order chi connectivity index (χ0) is 15.5. The number of nitrogens with zero attached hydrogens (tertiary/aromatic N) is 1. The molecule has 0 radical (unpaired) electrons. The van der Waals surface area contributed by atoms with Gasteiger partial charge in [0.1, 0.15) is 12.6 Å². The lowest BCUT2D eigenvalue weighted by molar-refractivity contribution is -0.142. The summed E-state index contributed by atoms with van der Waals surface area (Å²) in [6.45, 7) is 0.848. The molecule has 0 amide bonds. The molecule has 1 saturated carbocycles. The van der Waals surface area contributed by atoms with Crippen LogP contribution in [-0.4, -0.2) is 41.2 Å². The number of likely N-dealkylation sites (tertiary alicyclic amines) is 1. The van der Waals surface area contributed by atoms with Gasteiger partial charge < -0.3 is 9.84 Å². The normalized spacial score (nSPS) is 28.3. The van der Waals surface area contributed by atoms with Crippen molar-refractivity contribution in [2.24, 2.45) is 5.92 Å². The first-order chi connectivity index (χ1) is 10.7. The Labute approximate surface area is 129 Å². The van der Waals surface area contributed by atoms with E-state index in [0.717, 1.165) is 25.7 Å². The van der Waals surface area contributed by atoms with Crippen LogP contribution in [-0.2, 0) is 4.79 Å². The van der Waals surface area contributed by atoms with Gasteiger partial charge >= 0.3 is 5.97 Å². The van der Waals surface area contributed by atoms with E-state index in [4.69, 9.17) is 4.74 Å². The second-order valence-corrected chi connectivity index (χ2v) is 6.22. The van der Waals surface area contributed by atoms with Crippen LogP contribution in [0.1, 0.15) is 32.1 Å². The summed E-state index contributed by atoms with van der Waals surface area (Å²) in [4.78, 5) is 13.6. The number of hydrogen-bond donors (Lipinski definition) is 1. The van der Waals surface area contributed by atoms with Crippen LogP contribution in [0, 0.1) is 11.7 Å². The van der Waals surface area contributed by atoms with Gasteiger partial charge in [0.25, 0.3) is 0 Å². The molecule has 3 rings (SSSR count). The van der Waals surface area contributed by atoms with Crippen molar-refractivity contribution in [1.29, 1.82) is 0 Å². The molecule has 2 aliphatic rings. The summed E-state index contributed by atoms with van der Waals surface area (Å²) in [6, 6.07) is 6.23. The van der Waals surface area contributed by atoms with E-state index in [0.29, 0.717) is 25.1 Å². The smallest absolute Gasteiger partial charge is 0.320 e. The number of ether oxygens (including phenoxy) is 1. The topological polar surface area (TPSA) is 49.8 Å². The lowest BCUT2D eigenvalue weighted by Gasteiger charge is -2.32. The number of para-hydroxylation sites is 1. The molecular weight excluding hydrogens is 285 g/mol. The first-order valence-corrected chi connectivity index (χ1v) is 8.02. The molecule has 3 atom stereocenters. The fourth-order valence-electron chi connectivity index (χ4n) is 3.94. The van der Waals surface area contributed by atoms with Crippen LogP contribution >= 0.6 is 0 Å². The summed E-state index contributed by atoms with van der Waals surface area (Å²) in [7, 11) is 0. The zero-order valence-electron chi connectivity index (χ0n) is 12.6. The number of carboxylic acid groups (broad SMARTS) is 1. The SMILES string of the molecule is O=C(O)[C@@H]1C[C@@H]2CCCC[C@@H]2N1CCOc1ccccc1F. The van der Waals surface area contributed by atoms with Crippen molar-refractivity contribution < 1.29 is 19.0 Å². The molecule has 1 saturated heterocycles. The predicted octanol–water partition coefficient (Wildman–Crippen LogP) is 2.92. The van der Waals surface area contributed by atoms with Crippen molar-refractivity contribution in [3.8, 4) is 5.75 Å². The number of rotatable bonds is 5. The summed E-state index contributed by atoms with van der Waals surface area (Å²) in [6.07, 6.45) is 5.29. The number of halogens is 1. The molecule has 5 heteroatoms. The van der Waals surface area contributed by atoms with Gasteiger partial charge in [-0.05, 0) is 37.3 Å². The van der Waals surface area contributed by atoms with E-state index in [-0.39, 0.29) is 11.6 Å². The maximum Gasteiger partial charge on any atom is 0.320 e. The third kappa shape index (κ3) is 3.09. The Bertz CT molecular complexity index is 536. The van der Waals surface area contributed by atoms with E-state index >= 15 is 0 Å². The van der Waals surface area contributed by atoms with Crippen LogP contribution in [0.25, 0.3) is 0 Å². The van der Waals surface area contributed by atoms with E-state index < -0.39 is 12.0 Å². The highest BCUT2D eigenvalue weighted by Gasteiger charge is 2.44. The highest BCUT2D eigenvalue weighted by molar-refractivity contribution is 5.74. The average molecular weight is 307 g/mol. The van der Waals surface area contributed by atoms with Gasteiger partial charge in [0.15, 0.2) is 11.6 Å². The Morgan fingerprint density at radius 2 is 2.09 bits per heavy atom. The number of carboxylic acids is 1. The van der Waals surface area contributed by atoms with Gasteiger partial charge in [0.05, 0.1) is 0 Å². The Balaban J connectivity index is 1.61. The second kappa shape index (κ2) is 6.65. The molecule has 1 aromatic carbocycles. The van der Waals surface area contributed by atoms with Gasteiger partial charge in [-0.2, -0.15) is 0 Å². The minimum atomic E-state index is -0.750. The van der Waals surface area contributed by atoms with Crippen molar-refractivity contribution in [3.05, 3.63) is 30.1 Å². The van der Waals surface area contributed by atoms with Gasteiger partial charge in [-0.3, -0.25) is 9.69 Å². The molecule has 2 fully saturated rings. The van der Waals surface area contributed by atoms with Crippen molar-refractivity contribution in [2.75, 3.05) is 13.2 Å². The molecular formula is C17H22FNO3. The van der Waals surface area contributed by atoms with Crippen LogP contribution in [0.2, 0.25) is 0 Å². The van der Waals surface area contributed by atoms with E-state index in [2.05, 4.69) is 4.90 Å². The molecule has 0 spiro atoms. The summed E-state index contributed by atoms with van der Waals surface area (Å²) in [5, 5.41) is 9.45. The number of benzene rings is 1. The Morgan fingerprint density at radius 3 is 2.86 bits per heavy atom. The Hall–Kier alpha value is -1.62. The second-order valence-electron chi connectivity index (χ2n) is 6.22. The molecule has 22 heavy (non-hydrogen) atoms. The predicted molar refractivity (Wildman–Crippen MR) is 80.4 cm³/mol. The van der Waals surface area contributed by atoms with Gasteiger partial charge in [-0.25, -0.2) is 4.39 Å². The van der Waals surface area contributed by atoms with Gasteiger partial charge in [-0.15, -0.1) is 0 Å². The quantitative estimate of drug-likeness (QED) is 0.908.